The molecule has 0 aliphatic carbocycles. The molecule has 15 heteroatoms. The van der Waals surface area contributed by atoms with Gasteiger partial charge in [0.2, 0.25) is 23.6 Å². The van der Waals surface area contributed by atoms with Gasteiger partial charge in [0, 0.05) is 24.9 Å². The number of rotatable bonds is 15. The van der Waals surface area contributed by atoms with Gasteiger partial charge >= 0.3 is 5.97 Å². The topological polar surface area (TPSA) is 246 Å². The van der Waals surface area contributed by atoms with E-state index in [-0.39, 0.29) is 25.9 Å². The number of H-pyrrole nitrogens is 1. The number of nitrogens with zero attached hydrogens (tertiary/aromatic N) is 2. The lowest BCUT2D eigenvalue weighted by Crippen LogP contribution is -2.58. The third kappa shape index (κ3) is 8.80. The van der Waals surface area contributed by atoms with Gasteiger partial charge in [0.25, 0.3) is 0 Å². The minimum Gasteiger partial charge on any atom is -0.480 e. The zero-order valence-corrected chi connectivity index (χ0v) is 20.5. The Bertz CT molecular complexity index is 926. The van der Waals surface area contributed by atoms with E-state index in [0.29, 0.717) is 37.9 Å². The monoisotopic (exact) mass is 524 g/mol. The van der Waals surface area contributed by atoms with E-state index in [4.69, 9.17) is 16.6 Å². The normalized spacial score (nSPS) is 17.5. The van der Waals surface area contributed by atoms with Gasteiger partial charge in [0.15, 0.2) is 0 Å². The van der Waals surface area contributed by atoms with Crippen LogP contribution in [0.4, 0.5) is 0 Å². The minimum absolute atomic E-state index is 0.0771. The van der Waals surface area contributed by atoms with Gasteiger partial charge in [-0.05, 0) is 38.6 Å². The number of nitrogens with one attached hydrogen (secondary N) is 4. The Labute approximate surface area is 213 Å². The molecule has 2 rings (SSSR count). The Morgan fingerprint density at radius 2 is 1.86 bits per heavy atom. The predicted molar refractivity (Wildman–Crippen MR) is 130 cm³/mol. The second-order valence-corrected chi connectivity index (χ2v) is 8.72. The molecule has 37 heavy (non-hydrogen) atoms. The Morgan fingerprint density at radius 3 is 2.46 bits per heavy atom. The van der Waals surface area contributed by atoms with Crippen LogP contribution in [0, 0.1) is 0 Å². The molecule has 1 aliphatic heterocycles. The fourth-order valence-electron chi connectivity index (χ4n) is 4.06. The SMILES string of the molecule is NCCCC[C@H](NC(=O)[C@H](Cc1cnc[nH]1)NC(=O)CN)C(=O)N1CCC[C@H]1C(=O)N[C@@H](CO)C(=O)O. The number of likely N-dealkylation sites (tertiary alicyclic amines) is 1. The van der Waals surface area contributed by atoms with Crippen molar-refractivity contribution in [3.8, 4) is 0 Å². The highest BCUT2D eigenvalue weighted by Crippen LogP contribution is 2.20. The first kappa shape index (κ1) is 29.7. The van der Waals surface area contributed by atoms with Crippen molar-refractivity contribution in [2.75, 3.05) is 26.2 Å². The fraction of sp³-hybridized carbons (Fsp3) is 0.636. The first-order valence-corrected chi connectivity index (χ1v) is 12.1. The van der Waals surface area contributed by atoms with Crippen molar-refractivity contribution in [2.24, 2.45) is 11.5 Å². The number of aliphatic hydroxyl groups is 1. The van der Waals surface area contributed by atoms with Crippen molar-refractivity contribution in [2.45, 2.75) is 62.7 Å². The summed E-state index contributed by atoms with van der Waals surface area (Å²) in [6.07, 6.45) is 5.16. The van der Waals surface area contributed by atoms with Crippen LogP contribution in [0.3, 0.4) is 0 Å². The van der Waals surface area contributed by atoms with E-state index in [9.17, 15) is 29.1 Å². The lowest BCUT2D eigenvalue weighted by Gasteiger charge is -2.30. The van der Waals surface area contributed by atoms with Crippen LogP contribution in [0.25, 0.3) is 0 Å². The average Bonchev–Trinajstić information content (AvgIpc) is 3.57. The number of hydrogen-bond acceptors (Lipinski definition) is 9. The number of aliphatic hydroxyl groups excluding tert-OH is 1. The number of hydrogen-bond donors (Lipinski definition) is 8. The predicted octanol–water partition coefficient (Wildman–Crippen LogP) is -3.44. The number of imidazole rings is 1. The highest BCUT2D eigenvalue weighted by Gasteiger charge is 2.39. The number of aliphatic carboxylic acids is 1. The lowest BCUT2D eigenvalue weighted by molar-refractivity contribution is -0.145. The number of nitrogens with two attached hydrogens (primary N) is 2. The Morgan fingerprint density at radius 1 is 1.11 bits per heavy atom. The quantitative estimate of drug-likeness (QED) is 0.105. The molecule has 1 fully saturated rings. The molecule has 1 aromatic heterocycles. The van der Waals surface area contributed by atoms with Gasteiger partial charge in [-0.3, -0.25) is 19.2 Å². The number of carbonyl (C=O) groups excluding carboxylic acids is 4. The molecule has 0 spiro atoms. The second-order valence-electron chi connectivity index (χ2n) is 8.72. The molecular formula is C22H36N8O7. The summed E-state index contributed by atoms with van der Waals surface area (Å²) in [5.74, 6) is -3.79. The summed E-state index contributed by atoms with van der Waals surface area (Å²) in [5.41, 5.74) is 11.5. The van der Waals surface area contributed by atoms with Crippen molar-refractivity contribution >= 4 is 29.6 Å². The average molecular weight is 525 g/mol. The van der Waals surface area contributed by atoms with E-state index in [1.165, 1.54) is 17.4 Å². The summed E-state index contributed by atoms with van der Waals surface area (Å²) in [4.78, 5) is 70.6. The van der Waals surface area contributed by atoms with Crippen LogP contribution >= 0.6 is 0 Å². The molecule has 0 saturated carbocycles. The van der Waals surface area contributed by atoms with Crippen molar-refractivity contribution in [3.63, 3.8) is 0 Å². The first-order chi connectivity index (χ1) is 17.7. The molecule has 206 valence electrons. The van der Waals surface area contributed by atoms with Gasteiger partial charge in [-0.25, -0.2) is 9.78 Å². The van der Waals surface area contributed by atoms with Gasteiger partial charge in [-0.1, -0.05) is 0 Å². The molecule has 10 N–H and O–H groups in total. The van der Waals surface area contributed by atoms with E-state index >= 15 is 0 Å². The maximum absolute atomic E-state index is 13.5. The molecule has 0 unspecified atom stereocenters. The highest BCUT2D eigenvalue weighted by atomic mass is 16.4. The fourth-order valence-corrected chi connectivity index (χ4v) is 4.06. The number of amides is 4. The third-order valence-corrected chi connectivity index (χ3v) is 6.01. The number of aromatic amines is 1. The minimum atomic E-state index is -1.50. The summed E-state index contributed by atoms with van der Waals surface area (Å²) >= 11 is 0. The number of carboxylic acid groups (broad SMARTS) is 1. The van der Waals surface area contributed by atoms with E-state index in [2.05, 4.69) is 25.9 Å². The van der Waals surface area contributed by atoms with Crippen molar-refractivity contribution in [1.82, 2.24) is 30.8 Å². The van der Waals surface area contributed by atoms with E-state index in [1.54, 1.807) is 0 Å². The lowest BCUT2D eigenvalue weighted by atomic mass is 10.0. The van der Waals surface area contributed by atoms with Crippen molar-refractivity contribution < 1.29 is 34.2 Å². The molecule has 0 radical (unpaired) electrons. The van der Waals surface area contributed by atoms with Crippen LogP contribution in [0.15, 0.2) is 12.5 Å². The summed E-state index contributed by atoms with van der Waals surface area (Å²) < 4.78 is 0. The Balaban J connectivity index is 2.19. The zero-order valence-electron chi connectivity index (χ0n) is 20.5. The smallest absolute Gasteiger partial charge is 0.328 e. The van der Waals surface area contributed by atoms with Gasteiger partial charge < -0.3 is 47.5 Å². The van der Waals surface area contributed by atoms with E-state index < -0.39 is 60.4 Å². The summed E-state index contributed by atoms with van der Waals surface area (Å²) in [6.45, 7) is -0.512. The molecule has 1 aromatic rings. The van der Waals surface area contributed by atoms with Crippen molar-refractivity contribution in [1.29, 1.82) is 0 Å². The van der Waals surface area contributed by atoms with Gasteiger partial charge in [0.05, 0.1) is 19.5 Å². The Kier molecular flexibility index (Phi) is 11.9. The van der Waals surface area contributed by atoms with Gasteiger partial charge in [0.1, 0.15) is 24.2 Å². The maximum atomic E-state index is 13.5. The Hall–Kier alpha value is -3.56. The van der Waals surface area contributed by atoms with Gasteiger partial charge in [-0.2, -0.15) is 0 Å². The molecule has 0 aromatic carbocycles. The molecule has 1 aliphatic rings. The number of unbranched alkanes of at least 4 members (excludes halogenated alkanes) is 1. The third-order valence-electron chi connectivity index (χ3n) is 6.01. The van der Waals surface area contributed by atoms with Crippen LogP contribution in [0.5, 0.6) is 0 Å². The molecule has 1 saturated heterocycles. The molecule has 15 nitrogen and oxygen atoms in total. The van der Waals surface area contributed by atoms with Crippen LogP contribution in [0.1, 0.15) is 37.8 Å². The van der Waals surface area contributed by atoms with Gasteiger partial charge in [-0.15, -0.1) is 0 Å². The first-order valence-electron chi connectivity index (χ1n) is 12.1. The summed E-state index contributed by atoms with van der Waals surface area (Å²) in [7, 11) is 0. The molecule has 4 atom stereocenters. The van der Waals surface area contributed by atoms with E-state index in [1.807, 2.05) is 0 Å². The highest BCUT2D eigenvalue weighted by molar-refractivity contribution is 5.95. The van der Waals surface area contributed by atoms with Crippen LogP contribution in [-0.4, -0.2) is 105 Å². The largest absolute Gasteiger partial charge is 0.480 e. The van der Waals surface area contributed by atoms with Crippen LogP contribution in [-0.2, 0) is 30.4 Å². The number of carboxylic acids is 1. The zero-order chi connectivity index (χ0) is 27.4. The molecule has 4 amide bonds. The molecule has 0 bridgehead atoms. The standard InChI is InChI=1S/C22H36N8O7/c23-6-2-1-4-14(28-19(33)15(27-18(32)9-24)8-13-10-25-12-26-13)21(35)30-7-3-5-17(30)20(34)29-16(11-31)22(36)37/h10,12,14-17,31H,1-9,11,23-24H2,(H,25,26)(H,27,32)(H,28,33)(H,29,34)(H,36,37)/t14-,15-,16-,17-/m0/s1. The summed E-state index contributed by atoms with van der Waals surface area (Å²) in [6, 6.07) is -4.51. The van der Waals surface area contributed by atoms with Crippen molar-refractivity contribution in [3.05, 3.63) is 18.2 Å². The number of aromatic nitrogens is 2. The molecule has 2 heterocycles. The summed E-state index contributed by atoms with van der Waals surface area (Å²) in [5, 5.41) is 25.8. The number of carbonyl (C=O) groups is 5. The van der Waals surface area contributed by atoms with Crippen LogP contribution < -0.4 is 27.4 Å². The maximum Gasteiger partial charge on any atom is 0.328 e. The van der Waals surface area contributed by atoms with Crippen LogP contribution in [0.2, 0.25) is 0 Å². The molecular weight excluding hydrogens is 488 g/mol. The van der Waals surface area contributed by atoms with E-state index in [0.717, 1.165) is 0 Å². The second kappa shape index (κ2) is 14.9.